The van der Waals surface area contributed by atoms with Gasteiger partial charge in [-0.15, -0.1) is 0 Å². The molecular formula is C21H23BrN2O3. The topological polar surface area (TPSA) is 52.1 Å². The van der Waals surface area contributed by atoms with Crippen molar-refractivity contribution in [3.63, 3.8) is 0 Å². The summed E-state index contributed by atoms with van der Waals surface area (Å²) >= 11 is 3.56. The molecule has 0 amide bonds. The van der Waals surface area contributed by atoms with Gasteiger partial charge in [-0.2, -0.15) is 0 Å². The van der Waals surface area contributed by atoms with Crippen molar-refractivity contribution in [3.05, 3.63) is 51.5 Å². The number of hydrogen-bond acceptors (Lipinski definition) is 5. The molecule has 2 aliphatic rings. The summed E-state index contributed by atoms with van der Waals surface area (Å²) in [7, 11) is 1.71. The SMILES string of the molecule is COc1ccc(Br)cc1CCc1c(C2=NCCCN2)ccc2c1OCCO2. The monoisotopic (exact) mass is 430 g/mol. The molecule has 2 heterocycles. The average molecular weight is 431 g/mol. The van der Waals surface area contributed by atoms with Crippen LogP contribution in [0, 0.1) is 0 Å². The number of benzene rings is 2. The Labute approximate surface area is 167 Å². The second kappa shape index (κ2) is 8.21. The number of fused-ring (bicyclic) bond motifs is 1. The van der Waals surface area contributed by atoms with Crippen LogP contribution in [0.2, 0.25) is 0 Å². The fraction of sp³-hybridized carbons (Fsp3) is 0.381. The molecular weight excluding hydrogens is 408 g/mol. The van der Waals surface area contributed by atoms with E-state index in [0.717, 1.165) is 76.6 Å². The maximum atomic E-state index is 6.01. The summed E-state index contributed by atoms with van der Waals surface area (Å²) in [6, 6.07) is 10.2. The van der Waals surface area contributed by atoms with Gasteiger partial charge in [-0.25, -0.2) is 0 Å². The summed E-state index contributed by atoms with van der Waals surface area (Å²) in [5, 5.41) is 3.43. The molecule has 0 spiro atoms. The van der Waals surface area contributed by atoms with Crippen molar-refractivity contribution in [2.24, 2.45) is 4.99 Å². The van der Waals surface area contributed by atoms with E-state index in [4.69, 9.17) is 14.2 Å². The number of halogens is 1. The molecule has 142 valence electrons. The fourth-order valence-corrected chi connectivity index (χ4v) is 3.97. The summed E-state index contributed by atoms with van der Waals surface area (Å²) in [6.45, 7) is 2.97. The number of hydrogen-bond donors (Lipinski definition) is 1. The van der Waals surface area contributed by atoms with Gasteiger partial charge in [-0.1, -0.05) is 15.9 Å². The third kappa shape index (κ3) is 3.90. The van der Waals surface area contributed by atoms with E-state index in [0.29, 0.717) is 13.2 Å². The Morgan fingerprint density at radius 3 is 2.85 bits per heavy atom. The van der Waals surface area contributed by atoms with Gasteiger partial charge in [-0.3, -0.25) is 4.99 Å². The van der Waals surface area contributed by atoms with Crippen LogP contribution in [0.1, 0.15) is 23.1 Å². The number of methoxy groups -OCH3 is 1. The number of nitrogens with zero attached hydrogens (tertiary/aromatic N) is 1. The molecule has 0 aromatic heterocycles. The third-order valence-corrected chi connectivity index (χ3v) is 5.34. The minimum absolute atomic E-state index is 0.573. The third-order valence-electron chi connectivity index (χ3n) is 4.85. The van der Waals surface area contributed by atoms with Crippen molar-refractivity contribution in [2.75, 3.05) is 33.4 Å². The van der Waals surface area contributed by atoms with Gasteiger partial charge in [0.15, 0.2) is 11.5 Å². The van der Waals surface area contributed by atoms with Gasteiger partial charge >= 0.3 is 0 Å². The summed E-state index contributed by atoms with van der Waals surface area (Å²) in [4.78, 5) is 4.69. The van der Waals surface area contributed by atoms with Gasteiger partial charge in [0.2, 0.25) is 0 Å². The van der Waals surface area contributed by atoms with Crippen molar-refractivity contribution in [2.45, 2.75) is 19.3 Å². The zero-order valence-corrected chi connectivity index (χ0v) is 17.0. The summed E-state index contributed by atoms with van der Waals surface area (Å²) < 4.78 is 18.4. The van der Waals surface area contributed by atoms with Crippen LogP contribution in [0.5, 0.6) is 17.2 Å². The first-order valence-corrected chi connectivity index (χ1v) is 10.1. The van der Waals surface area contributed by atoms with Crippen molar-refractivity contribution < 1.29 is 14.2 Å². The minimum Gasteiger partial charge on any atom is -0.496 e. The standard InChI is InChI=1S/C21H23BrN2O3/c1-25-18-7-4-15(22)13-14(18)3-5-16-17(21-23-9-2-10-24-21)6-8-19-20(16)27-12-11-26-19/h4,6-8,13H,2-3,5,9-12H2,1H3,(H,23,24). The molecule has 0 bridgehead atoms. The van der Waals surface area contributed by atoms with E-state index >= 15 is 0 Å². The largest absolute Gasteiger partial charge is 0.496 e. The van der Waals surface area contributed by atoms with Crippen molar-refractivity contribution in [1.82, 2.24) is 5.32 Å². The first-order valence-electron chi connectivity index (χ1n) is 9.29. The summed E-state index contributed by atoms with van der Waals surface area (Å²) in [5.41, 5.74) is 3.40. The lowest BCUT2D eigenvalue weighted by Crippen LogP contribution is -2.31. The molecule has 0 unspecified atom stereocenters. The number of aryl methyl sites for hydroxylation is 1. The molecule has 0 radical (unpaired) electrons. The summed E-state index contributed by atoms with van der Waals surface area (Å²) in [6.07, 6.45) is 2.72. The molecule has 0 saturated heterocycles. The Hall–Kier alpha value is -2.21. The maximum Gasteiger partial charge on any atom is 0.165 e. The molecule has 0 aliphatic carbocycles. The normalized spacial score (nSPS) is 15.7. The van der Waals surface area contributed by atoms with E-state index < -0.39 is 0 Å². The van der Waals surface area contributed by atoms with Gasteiger partial charge in [0.05, 0.1) is 7.11 Å². The highest BCUT2D eigenvalue weighted by molar-refractivity contribution is 9.10. The van der Waals surface area contributed by atoms with Gasteiger partial charge < -0.3 is 19.5 Å². The highest BCUT2D eigenvalue weighted by Crippen LogP contribution is 2.37. The molecule has 0 atom stereocenters. The van der Waals surface area contributed by atoms with E-state index in [1.165, 1.54) is 0 Å². The molecule has 2 aliphatic heterocycles. The molecule has 2 aromatic carbocycles. The molecule has 0 saturated carbocycles. The average Bonchev–Trinajstić information content (AvgIpc) is 2.72. The Kier molecular flexibility index (Phi) is 5.53. The van der Waals surface area contributed by atoms with Crippen molar-refractivity contribution in [1.29, 1.82) is 0 Å². The predicted octanol–water partition coefficient (Wildman–Crippen LogP) is 3.75. The van der Waals surface area contributed by atoms with Gasteiger partial charge in [-0.05, 0) is 55.2 Å². The van der Waals surface area contributed by atoms with Crippen LogP contribution >= 0.6 is 15.9 Å². The van der Waals surface area contributed by atoms with Crippen LogP contribution in [0.15, 0.2) is 39.8 Å². The quantitative estimate of drug-likeness (QED) is 0.784. The lowest BCUT2D eigenvalue weighted by Gasteiger charge is -2.25. The molecule has 0 fully saturated rings. The Bertz CT molecular complexity index is 867. The molecule has 4 rings (SSSR count). The predicted molar refractivity (Wildman–Crippen MR) is 110 cm³/mol. The van der Waals surface area contributed by atoms with E-state index in [2.05, 4.69) is 38.4 Å². The lowest BCUT2D eigenvalue weighted by molar-refractivity contribution is 0.170. The van der Waals surface area contributed by atoms with Crippen LogP contribution in [0.25, 0.3) is 0 Å². The smallest absolute Gasteiger partial charge is 0.165 e. The molecule has 27 heavy (non-hydrogen) atoms. The maximum absolute atomic E-state index is 6.01. The zero-order valence-electron chi connectivity index (χ0n) is 15.4. The van der Waals surface area contributed by atoms with Gasteiger partial charge in [0, 0.05) is 28.7 Å². The first kappa shape index (κ1) is 18.2. The highest BCUT2D eigenvalue weighted by atomic mass is 79.9. The van der Waals surface area contributed by atoms with Crippen LogP contribution in [0.3, 0.4) is 0 Å². The number of ether oxygens (including phenoxy) is 3. The van der Waals surface area contributed by atoms with Gasteiger partial charge in [0.25, 0.3) is 0 Å². The molecule has 6 heteroatoms. The molecule has 2 aromatic rings. The Morgan fingerprint density at radius 2 is 2.04 bits per heavy atom. The number of nitrogens with one attached hydrogen (secondary N) is 1. The van der Waals surface area contributed by atoms with Crippen molar-refractivity contribution >= 4 is 21.8 Å². The Balaban J connectivity index is 1.70. The Morgan fingerprint density at radius 1 is 1.15 bits per heavy atom. The van der Waals surface area contributed by atoms with Gasteiger partial charge in [0.1, 0.15) is 24.8 Å². The second-order valence-electron chi connectivity index (χ2n) is 6.58. The first-order chi connectivity index (χ1) is 13.3. The van der Waals surface area contributed by atoms with E-state index in [1.807, 2.05) is 18.2 Å². The minimum atomic E-state index is 0.573. The van der Waals surface area contributed by atoms with E-state index in [-0.39, 0.29) is 0 Å². The fourth-order valence-electron chi connectivity index (χ4n) is 3.56. The van der Waals surface area contributed by atoms with E-state index in [9.17, 15) is 0 Å². The number of aliphatic imine (C=N–C) groups is 1. The van der Waals surface area contributed by atoms with Crippen molar-refractivity contribution in [3.8, 4) is 17.2 Å². The zero-order chi connectivity index (χ0) is 18.6. The number of amidine groups is 1. The highest BCUT2D eigenvalue weighted by Gasteiger charge is 2.22. The number of rotatable bonds is 5. The lowest BCUT2D eigenvalue weighted by atomic mass is 9.96. The van der Waals surface area contributed by atoms with Crippen LogP contribution in [-0.2, 0) is 12.8 Å². The van der Waals surface area contributed by atoms with Crippen LogP contribution in [-0.4, -0.2) is 39.2 Å². The molecule has 5 nitrogen and oxygen atoms in total. The second-order valence-corrected chi connectivity index (χ2v) is 7.50. The van der Waals surface area contributed by atoms with Crippen LogP contribution < -0.4 is 19.5 Å². The van der Waals surface area contributed by atoms with E-state index in [1.54, 1.807) is 7.11 Å². The molecule has 1 N–H and O–H groups in total. The summed E-state index contributed by atoms with van der Waals surface area (Å²) in [5.74, 6) is 3.52. The van der Waals surface area contributed by atoms with Crippen LogP contribution in [0.4, 0.5) is 0 Å².